The Bertz CT molecular complexity index is 1070. The first-order valence-electron chi connectivity index (χ1n) is 10.8. The number of nitrogens with one attached hydrogen (secondary N) is 1. The van der Waals surface area contributed by atoms with Crippen molar-refractivity contribution in [2.75, 3.05) is 11.9 Å². The number of piperidine rings is 1. The van der Waals surface area contributed by atoms with Crippen molar-refractivity contribution in [3.8, 4) is 0 Å². The third-order valence-corrected chi connectivity index (χ3v) is 7.83. The molecule has 3 aromatic carbocycles. The van der Waals surface area contributed by atoms with Crippen molar-refractivity contribution >= 4 is 5.69 Å². The molecule has 2 unspecified atom stereocenters. The first kappa shape index (κ1) is 16.2. The number of hydrogen-bond acceptors (Lipinski definition) is 3. The van der Waals surface area contributed by atoms with E-state index in [0.29, 0.717) is 24.3 Å². The van der Waals surface area contributed by atoms with Crippen LogP contribution >= 0.6 is 0 Å². The molecule has 1 spiro atoms. The summed E-state index contributed by atoms with van der Waals surface area (Å²) >= 11 is 0. The number of para-hydroxylation sites is 1. The van der Waals surface area contributed by atoms with E-state index in [9.17, 15) is 0 Å². The number of benzene rings is 3. The molecule has 0 amide bonds. The summed E-state index contributed by atoms with van der Waals surface area (Å²) in [5.41, 5.74) is 6.01. The molecule has 3 nitrogen and oxygen atoms in total. The Kier molecular flexibility index (Phi) is 3.19. The zero-order valence-corrected chi connectivity index (χ0v) is 16.4. The van der Waals surface area contributed by atoms with Crippen LogP contribution in [0.2, 0.25) is 0 Å². The van der Waals surface area contributed by atoms with Crippen LogP contribution < -0.4 is 5.32 Å². The van der Waals surface area contributed by atoms with Gasteiger partial charge in [0.2, 0.25) is 0 Å². The normalized spacial score (nSPS) is 36.1. The van der Waals surface area contributed by atoms with Gasteiger partial charge in [-0.15, -0.1) is 0 Å². The Morgan fingerprint density at radius 2 is 1.59 bits per heavy atom. The molecular formula is C26H25N3. The maximum atomic E-state index is 3.93. The van der Waals surface area contributed by atoms with Crippen LogP contribution in [-0.4, -0.2) is 34.6 Å². The highest BCUT2D eigenvalue weighted by Crippen LogP contribution is 2.67. The molecule has 7 rings (SSSR count). The Labute approximate surface area is 172 Å². The molecule has 0 aliphatic carbocycles. The van der Waals surface area contributed by atoms with Gasteiger partial charge in [0.1, 0.15) is 0 Å². The predicted octanol–water partition coefficient (Wildman–Crippen LogP) is 4.39. The number of hydrogen-bond donors (Lipinski definition) is 1. The molecule has 3 fully saturated rings. The summed E-state index contributed by atoms with van der Waals surface area (Å²) in [5.74, 6) is 0. The minimum absolute atomic E-state index is 0.224. The zero-order valence-electron chi connectivity index (χ0n) is 16.4. The molecular weight excluding hydrogens is 354 g/mol. The molecule has 144 valence electrons. The molecule has 29 heavy (non-hydrogen) atoms. The third-order valence-electron chi connectivity index (χ3n) is 7.83. The fourth-order valence-corrected chi connectivity index (χ4v) is 6.78. The third kappa shape index (κ3) is 2.04. The fraction of sp³-hybridized carbons (Fsp3) is 0.308. The van der Waals surface area contributed by atoms with Crippen molar-refractivity contribution in [3.05, 3.63) is 102 Å². The lowest BCUT2D eigenvalue weighted by atomic mass is 9.73. The van der Waals surface area contributed by atoms with E-state index < -0.39 is 0 Å². The topological polar surface area (TPSA) is 18.3 Å². The van der Waals surface area contributed by atoms with E-state index in [2.05, 4.69) is 100 Å². The van der Waals surface area contributed by atoms with Gasteiger partial charge in [0, 0.05) is 29.7 Å². The summed E-state index contributed by atoms with van der Waals surface area (Å²) in [6.07, 6.45) is 1.66. The van der Waals surface area contributed by atoms with Gasteiger partial charge in [0.15, 0.2) is 0 Å². The lowest BCUT2D eigenvalue weighted by Gasteiger charge is -2.36. The molecule has 0 bridgehead atoms. The molecule has 3 saturated heterocycles. The summed E-state index contributed by atoms with van der Waals surface area (Å²) in [4.78, 5) is 5.54. The van der Waals surface area contributed by atoms with Crippen molar-refractivity contribution in [2.45, 2.75) is 42.7 Å². The van der Waals surface area contributed by atoms with Crippen molar-refractivity contribution in [3.63, 3.8) is 0 Å². The van der Waals surface area contributed by atoms with E-state index >= 15 is 0 Å². The van der Waals surface area contributed by atoms with Crippen molar-refractivity contribution in [1.82, 2.24) is 9.80 Å². The monoisotopic (exact) mass is 379 g/mol. The summed E-state index contributed by atoms with van der Waals surface area (Å²) in [5, 5.41) is 3.93. The minimum Gasteiger partial charge on any atom is -0.368 e. The first-order chi connectivity index (χ1) is 14.4. The van der Waals surface area contributed by atoms with E-state index in [1.807, 2.05) is 0 Å². The quantitative estimate of drug-likeness (QED) is 0.681. The smallest absolute Gasteiger partial charge is 0.0918 e. The molecule has 0 aromatic heterocycles. The second-order valence-electron chi connectivity index (χ2n) is 9.08. The predicted molar refractivity (Wildman–Crippen MR) is 116 cm³/mol. The van der Waals surface area contributed by atoms with Gasteiger partial charge in [-0.05, 0) is 35.7 Å². The molecule has 0 saturated carbocycles. The van der Waals surface area contributed by atoms with Crippen LogP contribution in [0.1, 0.15) is 29.2 Å². The average Bonchev–Trinajstić information content (AvgIpc) is 3.08. The van der Waals surface area contributed by atoms with Crippen LogP contribution in [0.25, 0.3) is 0 Å². The molecule has 4 aliphatic rings. The molecule has 4 heterocycles. The number of anilines is 1. The highest BCUT2D eigenvalue weighted by Gasteiger charge is 2.76. The second kappa shape index (κ2) is 5.71. The zero-order chi connectivity index (χ0) is 19.0. The Hall–Kier alpha value is -2.62. The Morgan fingerprint density at radius 1 is 0.862 bits per heavy atom. The van der Waals surface area contributed by atoms with Crippen LogP contribution in [0.3, 0.4) is 0 Å². The molecule has 0 radical (unpaired) electrons. The maximum absolute atomic E-state index is 3.93. The maximum Gasteiger partial charge on any atom is 0.0918 e. The van der Waals surface area contributed by atoms with E-state index in [1.165, 1.54) is 29.8 Å². The summed E-state index contributed by atoms with van der Waals surface area (Å²) in [7, 11) is 0. The summed E-state index contributed by atoms with van der Waals surface area (Å²) < 4.78 is 0. The molecule has 4 aliphatic heterocycles. The van der Waals surface area contributed by atoms with Crippen molar-refractivity contribution in [2.24, 2.45) is 0 Å². The van der Waals surface area contributed by atoms with E-state index in [1.54, 1.807) is 5.56 Å². The number of likely N-dealkylation sites (tertiary alicyclic amines) is 1. The molecule has 3 aromatic rings. The van der Waals surface area contributed by atoms with Crippen LogP contribution in [-0.2, 0) is 12.0 Å². The van der Waals surface area contributed by atoms with Crippen LogP contribution in [0.4, 0.5) is 5.69 Å². The van der Waals surface area contributed by atoms with E-state index in [0.717, 1.165) is 6.54 Å². The average molecular weight is 380 g/mol. The Morgan fingerprint density at radius 3 is 2.41 bits per heavy atom. The number of rotatable bonds is 3. The molecule has 3 heteroatoms. The van der Waals surface area contributed by atoms with Gasteiger partial charge < -0.3 is 5.32 Å². The van der Waals surface area contributed by atoms with Gasteiger partial charge in [-0.2, -0.15) is 0 Å². The number of fused-ring (bicyclic) bond motifs is 4. The SMILES string of the molecule is c1ccc(CN2CC[C@]34c5ccccc5N[C@H]3N3C(c5ccccc5)[C@@H]3[C@H]24)cc1. The number of nitrogens with zero attached hydrogens (tertiary/aromatic N) is 2. The largest absolute Gasteiger partial charge is 0.368 e. The van der Waals surface area contributed by atoms with Gasteiger partial charge in [-0.25, -0.2) is 0 Å². The van der Waals surface area contributed by atoms with Gasteiger partial charge in [0.25, 0.3) is 0 Å². The lowest BCUT2D eigenvalue weighted by Crippen LogP contribution is -2.48. The molecule has 6 atom stereocenters. The van der Waals surface area contributed by atoms with Gasteiger partial charge >= 0.3 is 0 Å². The van der Waals surface area contributed by atoms with Crippen molar-refractivity contribution in [1.29, 1.82) is 0 Å². The van der Waals surface area contributed by atoms with E-state index in [-0.39, 0.29) is 5.41 Å². The lowest BCUT2D eigenvalue weighted by molar-refractivity contribution is 0.206. The highest BCUT2D eigenvalue weighted by molar-refractivity contribution is 5.66. The summed E-state index contributed by atoms with van der Waals surface area (Å²) in [6.45, 7) is 2.23. The van der Waals surface area contributed by atoms with Gasteiger partial charge in [-0.1, -0.05) is 78.9 Å². The second-order valence-corrected chi connectivity index (χ2v) is 9.08. The summed E-state index contributed by atoms with van der Waals surface area (Å²) in [6, 6.07) is 32.9. The Balaban J connectivity index is 1.32. The highest BCUT2D eigenvalue weighted by atomic mass is 15.5. The van der Waals surface area contributed by atoms with Crippen LogP contribution in [0.15, 0.2) is 84.9 Å². The molecule has 1 N–H and O–H groups in total. The van der Waals surface area contributed by atoms with Crippen LogP contribution in [0.5, 0.6) is 0 Å². The van der Waals surface area contributed by atoms with Gasteiger partial charge in [-0.3, -0.25) is 9.80 Å². The van der Waals surface area contributed by atoms with E-state index in [4.69, 9.17) is 0 Å². The van der Waals surface area contributed by atoms with Gasteiger partial charge in [0.05, 0.1) is 12.2 Å². The first-order valence-corrected chi connectivity index (χ1v) is 10.8. The fourth-order valence-electron chi connectivity index (χ4n) is 6.78. The standard InChI is InChI=1S/C26H25N3/c1-3-9-18(10-4-1)17-28-16-15-26-20-13-7-8-14-21(20)27-25(26)29-22(23(29)24(26)28)19-11-5-2-6-12-19/h1-14,22-25,27H,15-17H2/t22?,23-,24+,25+,26-,29?/m1/s1. The van der Waals surface area contributed by atoms with Crippen molar-refractivity contribution < 1.29 is 0 Å². The minimum atomic E-state index is 0.224. The van der Waals surface area contributed by atoms with Crippen LogP contribution in [0, 0.1) is 0 Å².